The molecule has 10 rings (SSSR count). The van der Waals surface area contributed by atoms with Crippen LogP contribution < -0.4 is 0 Å². The van der Waals surface area contributed by atoms with E-state index in [0.29, 0.717) is 0 Å². The molecule has 0 N–H and O–H groups in total. The summed E-state index contributed by atoms with van der Waals surface area (Å²) in [6.07, 6.45) is 7.37. The number of benzene rings is 4. The lowest BCUT2D eigenvalue weighted by molar-refractivity contribution is 1.24. The van der Waals surface area contributed by atoms with E-state index in [1.165, 1.54) is 5.39 Å². The number of rotatable bonds is 6. The van der Waals surface area contributed by atoms with E-state index in [0.717, 1.165) is 94.7 Å². The van der Waals surface area contributed by atoms with Gasteiger partial charge < -0.3 is 0 Å². The lowest BCUT2D eigenvalue weighted by Gasteiger charge is -2.17. The Morgan fingerprint density at radius 1 is 0.296 bits per heavy atom. The number of pyridine rings is 6. The summed E-state index contributed by atoms with van der Waals surface area (Å²) in [6.45, 7) is 0. The molecule has 252 valence electrons. The van der Waals surface area contributed by atoms with Gasteiger partial charge in [0.25, 0.3) is 0 Å². The maximum Gasteiger partial charge on any atom is 0.0893 e. The highest BCUT2D eigenvalue weighted by atomic mass is 14.8. The van der Waals surface area contributed by atoms with Crippen molar-refractivity contribution in [1.82, 2.24) is 29.9 Å². The molecule has 0 bridgehead atoms. The number of nitrogens with zero attached hydrogens (tertiary/aromatic N) is 6. The minimum absolute atomic E-state index is 0.817. The molecule has 6 heterocycles. The van der Waals surface area contributed by atoms with Crippen LogP contribution in [0.5, 0.6) is 0 Å². The van der Waals surface area contributed by atoms with Crippen molar-refractivity contribution in [3.63, 3.8) is 0 Å². The summed E-state index contributed by atoms with van der Waals surface area (Å²) >= 11 is 0. The van der Waals surface area contributed by atoms with Crippen LogP contribution in [-0.2, 0) is 0 Å². The minimum atomic E-state index is 0.817. The van der Waals surface area contributed by atoms with E-state index in [1.54, 1.807) is 18.6 Å². The summed E-state index contributed by atoms with van der Waals surface area (Å²) in [6, 6.07) is 54.0. The van der Waals surface area contributed by atoms with Crippen molar-refractivity contribution in [1.29, 1.82) is 0 Å². The van der Waals surface area contributed by atoms with Crippen molar-refractivity contribution in [2.75, 3.05) is 0 Å². The Labute approximate surface area is 311 Å². The molecule has 54 heavy (non-hydrogen) atoms. The fraction of sp³-hybridized carbons (Fsp3) is 0. The Morgan fingerprint density at radius 3 is 1.52 bits per heavy atom. The smallest absolute Gasteiger partial charge is 0.0893 e. The lowest BCUT2D eigenvalue weighted by Crippen LogP contribution is -1.95. The van der Waals surface area contributed by atoms with Gasteiger partial charge in [-0.3, -0.25) is 19.9 Å². The molecule has 6 heteroatoms. The third-order valence-electron chi connectivity index (χ3n) is 9.88. The zero-order valence-electron chi connectivity index (χ0n) is 29.0. The maximum absolute atomic E-state index is 5.19. The molecule has 0 amide bonds. The van der Waals surface area contributed by atoms with Crippen molar-refractivity contribution in [3.8, 4) is 67.8 Å². The minimum Gasteiger partial charge on any atom is -0.255 e. The quantitative estimate of drug-likeness (QED) is 0.128. The SMILES string of the molecule is c1ccc(-c2ccc(-c3c4ccccc4cc4c3ccc3c(-c5cccc(-c6ccccn6)n5)cc(-c5cccc(-c6ccccn6)n5)cc34)cn2)nc1. The highest BCUT2D eigenvalue weighted by Crippen LogP contribution is 2.43. The molecule has 0 saturated carbocycles. The summed E-state index contributed by atoms with van der Waals surface area (Å²) < 4.78 is 0. The Bertz CT molecular complexity index is 2970. The van der Waals surface area contributed by atoms with E-state index in [9.17, 15) is 0 Å². The molecule has 0 fully saturated rings. The maximum atomic E-state index is 5.19. The molecule has 0 saturated heterocycles. The highest BCUT2D eigenvalue weighted by molar-refractivity contribution is 6.22. The van der Waals surface area contributed by atoms with Crippen molar-refractivity contribution >= 4 is 32.3 Å². The molecular weight excluding hydrogens is 661 g/mol. The van der Waals surface area contributed by atoms with Crippen LogP contribution in [0.1, 0.15) is 0 Å². The molecular formula is C48H30N6. The van der Waals surface area contributed by atoms with Gasteiger partial charge in [-0.25, -0.2) is 9.97 Å². The normalized spacial score (nSPS) is 11.3. The van der Waals surface area contributed by atoms with Crippen LogP contribution >= 0.6 is 0 Å². The summed E-state index contributed by atoms with van der Waals surface area (Å²) in [5, 5.41) is 6.81. The van der Waals surface area contributed by atoms with Gasteiger partial charge in [-0.1, -0.05) is 72.8 Å². The monoisotopic (exact) mass is 690 g/mol. The number of hydrogen-bond donors (Lipinski definition) is 0. The van der Waals surface area contributed by atoms with E-state index in [2.05, 4.69) is 99.9 Å². The van der Waals surface area contributed by atoms with Gasteiger partial charge in [-0.05, 0) is 123 Å². The van der Waals surface area contributed by atoms with Crippen molar-refractivity contribution < 1.29 is 0 Å². The molecule has 0 aliphatic rings. The fourth-order valence-corrected chi connectivity index (χ4v) is 7.35. The summed E-state index contributed by atoms with van der Waals surface area (Å²) in [4.78, 5) is 28.9. The third kappa shape index (κ3) is 5.63. The summed E-state index contributed by atoms with van der Waals surface area (Å²) in [5.41, 5.74) is 10.9. The van der Waals surface area contributed by atoms with Crippen molar-refractivity contribution in [2.45, 2.75) is 0 Å². The first-order valence-corrected chi connectivity index (χ1v) is 17.8. The molecule has 0 spiro atoms. The Morgan fingerprint density at radius 2 is 0.852 bits per heavy atom. The van der Waals surface area contributed by atoms with Crippen molar-refractivity contribution in [3.05, 3.63) is 183 Å². The van der Waals surface area contributed by atoms with Crippen LogP contribution in [0.3, 0.4) is 0 Å². The molecule has 0 aliphatic carbocycles. The molecule has 0 unspecified atom stereocenters. The first-order valence-electron chi connectivity index (χ1n) is 17.8. The average molecular weight is 691 g/mol. The fourth-order valence-electron chi connectivity index (χ4n) is 7.35. The van der Waals surface area contributed by atoms with Gasteiger partial charge in [-0.15, -0.1) is 0 Å². The summed E-state index contributed by atoms with van der Waals surface area (Å²) in [7, 11) is 0. The predicted molar refractivity (Wildman–Crippen MR) is 218 cm³/mol. The van der Waals surface area contributed by atoms with Gasteiger partial charge >= 0.3 is 0 Å². The zero-order valence-corrected chi connectivity index (χ0v) is 29.0. The lowest BCUT2D eigenvalue weighted by atomic mass is 9.88. The van der Waals surface area contributed by atoms with Gasteiger partial charge in [-0.2, -0.15) is 0 Å². The topological polar surface area (TPSA) is 77.3 Å². The van der Waals surface area contributed by atoms with E-state index < -0.39 is 0 Å². The largest absolute Gasteiger partial charge is 0.255 e. The number of hydrogen-bond acceptors (Lipinski definition) is 6. The van der Waals surface area contributed by atoms with Gasteiger partial charge in [0.2, 0.25) is 0 Å². The zero-order chi connectivity index (χ0) is 35.8. The molecule has 10 aromatic rings. The van der Waals surface area contributed by atoms with Crippen LogP contribution in [0.25, 0.3) is 100 Å². The van der Waals surface area contributed by atoms with E-state index in [4.69, 9.17) is 15.0 Å². The second kappa shape index (κ2) is 13.3. The Balaban J connectivity index is 1.24. The van der Waals surface area contributed by atoms with Gasteiger partial charge in [0.05, 0.1) is 45.6 Å². The standard InChI is InChI=1S/C48H30N6/c1-2-12-34-31(11-1)27-38-36(48(34)32-20-23-45(52-30-32)42-13-3-6-24-49-42)22-21-35-37(38)28-33(40-16-9-18-46(53-40)43-14-4-7-25-50-43)29-39(35)41-17-10-19-47(54-41)44-15-5-8-26-51-44/h1-30H. The van der Waals surface area contributed by atoms with Crippen LogP contribution in [0.2, 0.25) is 0 Å². The van der Waals surface area contributed by atoms with Crippen LogP contribution in [-0.4, -0.2) is 29.9 Å². The Kier molecular flexibility index (Phi) is 7.69. The molecule has 0 atom stereocenters. The molecule has 0 radical (unpaired) electrons. The third-order valence-corrected chi connectivity index (χ3v) is 9.88. The van der Waals surface area contributed by atoms with Gasteiger partial charge in [0, 0.05) is 41.5 Å². The number of fused-ring (bicyclic) bond motifs is 4. The van der Waals surface area contributed by atoms with Crippen LogP contribution in [0.4, 0.5) is 0 Å². The Hall–Kier alpha value is -7.44. The van der Waals surface area contributed by atoms with Crippen LogP contribution in [0, 0.1) is 0 Å². The second-order valence-electron chi connectivity index (χ2n) is 13.1. The van der Waals surface area contributed by atoms with Crippen molar-refractivity contribution in [2.24, 2.45) is 0 Å². The molecule has 4 aromatic carbocycles. The molecule has 0 aliphatic heterocycles. The average Bonchev–Trinajstić information content (AvgIpc) is 3.26. The first-order chi connectivity index (χ1) is 26.8. The van der Waals surface area contributed by atoms with E-state index in [1.807, 2.05) is 79.0 Å². The highest BCUT2D eigenvalue weighted by Gasteiger charge is 2.18. The number of aromatic nitrogens is 6. The summed E-state index contributed by atoms with van der Waals surface area (Å²) in [5.74, 6) is 0. The van der Waals surface area contributed by atoms with E-state index in [-0.39, 0.29) is 0 Å². The molecule has 6 nitrogen and oxygen atoms in total. The van der Waals surface area contributed by atoms with Gasteiger partial charge in [0.15, 0.2) is 0 Å². The molecule has 6 aromatic heterocycles. The second-order valence-corrected chi connectivity index (χ2v) is 13.1. The van der Waals surface area contributed by atoms with Gasteiger partial charge in [0.1, 0.15) is 0 Å². The van der Waals surface area contributed by atoms with Crippen LogP contribution in [0.15, 0.2) is 183 Å². The predicted octanol–water partition coefficient (Wildman–Crippen LogP) is 11.5. The first kappa shape index (κ1) is 31.3. The van der Waals surface area contributed by atoms with E-state index >= 15 is 0 Å².